The molecule has 0 aromatic rings. The Labute approximate surface area is 115 Å². The number of hydrogen-bond acceptors (Lipinski definition) is 2. The molecule has 0 atom stereocenters. The first-order chi connectivity index (χ1) is 8.62. The molecule has 108 valence electrons. The van der Waals surface area contributed by atoms with Crippen LogP contribution in [0.2, 0.25) is 0 Å². The highest BCUT2D eigenvalue weighted by molar-refractivity contribution is 4.88. The Balaban J connectivity index is 2.49. The summed E-state index contributed by atoms with van der Waals surface area (Å²) in [6.45, 7) is 11.8. The van der Waals surface area contributed by atoms with Crippen LogP contribution in [-0.2, 0) is 0 Å². The largest absolute Gasteiger partial charge is 0.316 e. The Morgan fingerprint density at radius 2 is 1.89 bits per heavy atom. The van der Waals surface area contributed by atoms with E-state index in [0.29, 0.717) is 5.41 Å². The maximum Gasteiger partial charge on any atom is 0.00471 e. The summed E-state index contributed by atoms with van der Waals surface area (Å²) in [6, 6.07) is 0. The van der Waals surface area contributed by atoms with E-state index in [2.05, 4.69) is 38.0 Å². The van der Waals surface area contributed by atoms with Crippen molar-refractivity contribution in [3.05, 3.63) is 0 Å². The summed E-state index contributed by atoms with van der Waals surface area (Å²) in [4.78, 5) is 2.57. The number of unbranched alkanes of at least 4 members (excludes halogenated alkanes) is 1. The quantitative estimate of drug-likeness (QED) is 0.713. The van der Waals surface area contributed by atoms with Crippen LogP contribution < -0.4 is 5.32 Å². The second kappa shape index (κ2) is 8.16. The van der Waals surface area contributed by atoms with Crippen LogP contribution in [0.25, 0.3) is 0 Å². The van der Waals surface area contributed by atoms with Gasteiger partial charge in [-0.05, 0) is 50.7 Å². The Morgan fingerprint density at radius 1 is 1.22 bits per heavy atom. The molecule has 1 rings (SSSR count). The minimum atomic E-state index is 0.547. The van der Waals surface area contributed by atoms with Crippen LogP contribution in [0.5, 0.6) is 0 Å². The molecule has 0 saturated heterocycles. The predicted octanol–water partition coefficient (Wildman–Crippen LogP) is 3.52. The third-order valence-corrected chi connectivity index (χ3v) is 4.58. The highest BCUT2D eigenvalue weighted by Crippen LogP contribution is 2.39. The summed E-state index contributed by atoms with van der Waals surface area (Å²) >= 11 is 0. The molecule has 2 nitrogen and oxygen atoms in total. The Morgan fingerprint density at radius 3 is 2.44 bits per heavy atom. The SMILES string of the molecule is CCCCN(C)CC1(CNCC)CCC(C)CC1. The van der Waals surface area contributed by atoms with E-state index < -0.39 is 0 Å². The van der Waals surface area contributed by atoms with Crippen molar-refractivity contribution in [1.82, 2.24) is 10.2 Å². The standard InChI is InChI=1S/C16H34N2/c1-5-7-12-18(4)14-16(13-17-6-2)10-8-15(3)9-11-16/h15,17H,5-14H2,1-4H3. The Bertz CT molecular complexity index is 202. The average Bonchev–Trinajstić information content (AvgIpc) is 2.37. The second-order valence-electron chi connectivity index (χ2n) is 6.55. The zero-order chi connectivity index (χ0) is 13.4. The van der Waals surface area contributed by atoms with Crippen molar-refractivity contribution in [2.45, 2.75) is 59.3 Å². The lowest BCUT2D eigenvalue weighted by Gasteiger charge is -2.42. The third-order valence-electron chi connectivity index (χ3n) is 4.58. The monoisotopic (exact) mass is 254 g/mol. The van der Waals surface area contributed by atoms with Gasteiger partial charge in [0, 0.05) is 13.1 Å². The number of hydrogen-bond donors (Lipinski definition) is 1. The molecule has 1 fully saturated rings. The Hall–Kier alpha value is -0.0800. The summed E-state index contributed by atoms with van der Waals surface area (Å²) in [7, 11) is 2.31. The summed E-state index contributed by atoms with van der Waals surface area (Å²) in [5.41, 5.74) is 0.547. The molecule has 0 spiro atoms. The first kappa shape index (κ1) is 16.0. The summed E-state index contributed by atoms with van der Waals surface area (Å²) in [5.74, 6) is 0.945. The van der Waals surface area contributed by atoms with Gasteiger partial charge in [-0.3, -0.25) is 0 Å². The number of rotatable bonds is 8. The smallest absolute Gasteiger partial charge is 0.00471 e. The fraction of sp³-hybridized carbons (Fsp3) is 1.00. The summed E-state index contributed by atoms with van der Waals surface area (Å²) in [5, 5.41) is 3.61. The average molecular weight is 254 g/mol. The van der Waals surface area contributed by atoms with Crippen LogP contribution in [0.4, 0.5) is 0 Å². The van der Waals surface area contributed by atoms with Gasteiger partial charge in [0.25, 0.3) is 0 Å². The molecular formula is C16H34N2. The predicted molar refractivity (Wildman–Crippen MR) is 81.0 cm³/mol. The Kier molecular flexibility index (Phi) is 7.25. The fourth-order valence-electron chi connectivity index (χ4n) is 3.24. The van der Waals surface area contributed by atoms with Crippen LogP contribution >= 0.6 is 0 Å². The molecule has 18 heavy (non-hydrogen) atoms. The maximum absolute atomic E-state index is 3.61. The van der Waals surface area contributed by atoms with Gasteiger partial charge in [0.15, 0.2) is 0 Å². The van der Waals surface area contributed by atoms with Crippen molar-refractivity contribution in [2.75, 3.05) is 33.2 Å². The molecule has 2 heteroatoms. The van der Waals surface area contributed by atoms with E-state index in [0.717, 1.165) is 12.5 Å². The van der Waals surface area contributed by atoms with Crippen molar-refractivity contribution in [1.29, 1.82) is 0 Å². The van der Waals surface area contributed by atoms with Gasteiger partial charge in [-0.15, -0.1) is 0 Å². The highest BCUT2D eigenvalue weighted by atomic mass is 15.1. The zero-order valence-corrected chi connectivity index (χ0v) is 13.1. The lowest BCUT2D eigenvalue weighted by molar-refractivity contribution is 0.0988. The van der Waals surface area contributed by atoms with Gasteiger partial charge >= 0.3 is 0 Å². The first-order valence-corrected chi connectivity index (χ1v) is 8.01. The first-order valence-electron chi connectivity index (χ1n) is 8.01. The van der Waals surface area contributed by atoms with Crippen molar-refractivity contribution in [2.24, 2.45) is 11.3 Å². The van der Waals surface area contributed by atoms with Gasteiger partial charge < -0.3 is 10.2 Å². The molecule has 1 aliphatic rings. The van der Waals surface area contributed by atoms with Crippen molar-refractivity contribution in [3.63, 3.8) is 0 Å². The van der Waals surface area contributed by atoms with E-state index in [1.54, 1.807) is 0 Å². The molecule has 0 radical (unpaired) electrons. The molecule has 1 aliphatic carbocycles. The molecule has 0 bridgehead atoms. The van der Waals surface area contributed by atoms with Crippen LogP contribution in [0, 0.1) is 11.3 Å². The number of nitrogens with one attached hydrogen (secondary N) is 1. The van der Waals surface area contributed by atoms with Crippen LogP contribution in [0.15, 0.2) is 0 Å². The molecule has 0 aromatic heterocycles. The van der Waals surface area contributed by atoms with E-state index in [9.17, 15) is 0 Å². The van der Waals surface area contributed by atoms with Crippen molar-refractivity contribution in [3.8, 4) is 0 Å². The molecule has 0 unspecified atom stereocenters. The van der Waals surface area contributed by atoms with Gasteiger partial charge in [-0.2, -0.15) is 0 Å². The van der Waals surface area contributed by atoms with Crippen LogP contribution in [0.1, 0.15) is 59.3 Å². The van der Waals surface area contributed by atoms with E-state index in [1.165, 1.54) is 58.2 Å². The van der Waals surface area contributed by atoms with Gasteiger partial charge in [0.05, 0.1) is 0 Å². The molecular weight excluding hydrogens is 220 g/mol. The normalized spacial score (nSPS) is 28.8. The van der Waals surface area contributed by atoms with Gasteiger partial charge in [0.1, 0.15) is 0 Å². The minimum absolute atomic E-state index is 0.547. The van der Waals surface area contributed by atoms with Gasteiger partial charge in [-0.25, -0.2) is 0 Å². The minimum Gasteiger partial charge on any atom is -0.316 e. The zero-order valence-electron chi connectivity index (χ0n) is 13.1. The molecule has 0 heterocycles. The van der Waals surface area contributed by atoms with Gasteiger partial charge in [0.2, 0.25) is 0 Å². The number of nitrogens with zero attached hydrogens (tertiary/aromatic N) is 1. The fourth-order valence-corrected chi connectivity index (χ4v) is 3.24. The summed E-state index contributed by atoms with van der Waals surface area (Å²) in [6.07, 6.45) is 8.32. The molecule has 0 aliphatic heterocycles. The van der Waals surface area contributed by atoms with Crippen molar-refractivity contribution < 1.29 is 0 Å². The lowest BCUT2D eigenvalue weighted by Crippen LogP contribution is -2.45. The molecule has 0 aromatic carbocycles. The molecule has 1 N–H and O–H groups in total. The summed E-state index contributed by atoms with van der Waals surface area (Å²) < 4.78 is 0. The topological polar surface area (TPSA) is 15.3 Å². The molecule has 1 saturated carbocycles. The van der Waals surface area contributed by atoms with E-state index >= 15 is 0 Å². The highest BCUT2D eigenvalue weighted by Gasteiger charge is 2.34. The van der Waals surface area contributed by atoms with Gasteiger partial charge in [-0.1, -0.05) is 40.0 Å². The molecule has 0 amide bonds. The second-order valence-corrected chi connectivity index (χ2v) is 6.55. The van der Waals surface area contributed by atoms with Crippen LogP contribution in [-0.4, -0.2) is 38.1 Å². The lowest BCUT2D eigenvalue weighted by atomic mass is 9.70. The van der Waals surface area contributed by atoms with Crippen LogP contribution in [0.3, 0.4) is 0 Å². The van der Waals surface area contributed by atoms with Crippen molar-refractivity contribution >= 4 is 0 Å². The van der Waals surface area contributed by atoms with E-state index in [4.69, 9.17) is 0 Å². The maximum atomic E-state index is 3.61. The van der Waals surface area contributed by atoms with E-state index in [-0.39, 0.29) is 0 Å². The van der Waals surface area contributed by atoms with E-state index in [1.807, 2.05) is 0 Å². The third kappa shape index (κ3) is 5.27.